The number of hydrogen-bond donors (Lipinski definition) is 2. The molecule has 2 aromatic rings. The number of fused-ring (bicyclic) bond motifs is 1. The third kappa shape index (κ3) is 4.51. The van der Waals surface area contributed by atoms with Crippen LogP contribution in [0.3, 0.4) is 0 Å². The Morgan fingerprint density at radius 2 is 1.82 bits per heavy atom. The second-order valence-corrected chi connectivity index (χ2v) is 7.57. The van der Waals surface area contributed by atoms with Gasteiger partial charge in [-0.2, -0.15) is 0 Å². The fourth-order valence-corrected chi connectivity index (χ4v) is 3.30. The molecule has 2 aromatic carbocycles. The first-order valence-corrected chi connectivity index (χ1v) is 9.52. The van der Waals surface area contributed by atoms with E-state index < -0.39 is 0 Å². The number of amides is 4. The van der Waals surface area contributed by atoms with E-state index in [9.17, 15) is 14.4 Å². The highest BCUT2D eigenvalue weighted by Gasteiger charge is 2.35. The van der Waals surface area contributed by atoms with E-state index in [4.69, 9.17) is 11.6 Å². The second-order valence-electron chi connectivity index (χ2n) is 7.14. The first kappa shape index (κ1) is 19.9. The third-order valence-electron chi connectivity index (χ3n) is 4.36. The smallest absolute Gasteiger partial charge is 0.319 e. The van der Waals surface area contributed by atoms with Crippen LogP contribution in [0.25, 0.3) is 0 Å². The van der Waals surface area contributed by atoms with Crippen molar-refractivity contribution in [2.24, 2.45) is 5.92 Å². The van der Waals surface area contributed by atoms with Crippen molar-refractivity contribution in [3.63, 3.8) is 0 Å². The summed E-state index contributed by atoms with van der Waals surface area (Å²) in [5.74, 6) is -0.421. The standard InChI is InChI=1S/C21H22ClN3O3/c1-13(2)12-25-19(26)17-7-6-16(11-18(17)20(25)27)24-21(28)23-9-8-14-4-3-5-15(22)10-14/h3-7,10-11,13H,8-9,12H2,1-2H3,(H2,23,24,28). The first-order chi connectivity index (χ1) is 13.3. The van der Waals surface area contributed by atoms with Gasteiger partial charge in [-0.1, -0.05) is 37.6 Å². The fraction of sp³-hybridized carbons (Fsp3) is 0.286. The van der Waals surface area contributed by atoms with Crippen LogP contribution in [0.2, 0.25) is 5.02 Å². The van der Waals surface area contributed by atoms with Gasteiger partial charge in [-0.15, -0.1) is 0 Å². The minimum atomic E-state index is -0.377. The second kappa shape index (κ2) is 8.44. The molecule has 4 amide bonds. The van der Waals surface area contributed by atoms with Gasteiger partial charge in [0.1, 0.15) is 0 Å². The Morgan fingerprint density at radius 3 is 2.54 bits per heavy atom. The molecule has 7 heteroatoms. The van der Waals surface area contributed by atoms with Gasteiger partial charge in [-0.05, 0) is 48.2 Å². The molecule has 1 aliphatic rings. The SMILES string of the molecule is CC(C)CN1C(=O)c2ccc(NC(=O)NCCc3cccc(Cl)c3)cc2C1=O. The van der Waals surface area contributed by atoms with E-state index in [0.29, 0.717) is 41.3 Å². The van der Waals surface area contributed by atoms with Gasteiger partial charge in [0.2, 0.25) is 0 Å². The number of nitrogens with zero attached hydrogens (tertiary/aromatic N) is 1. The van der Waals surface area contributed by atoms with Gasteiger partial charge in [-0.25, -0.2) is 4.79 Å². The zero-order chi connectivity index (χ0) is 20.3. The predicted octanol–water partition coefficient (Wildman–Crippen LogP) is 3.96. The Kier molecular flexibility index (Phi) is 5.99. The third-order valence-corrected chi connectivity index (χ3v) is 4.60. The summed E-state index contributed by atoms with van der Waals surface area (Å²) in [5, 5.41) is 6.13. The number of benzene rings is 2. The maximum atomic E-state index is 12.5. The molecule has 0 radical (unpaired) electrons. The Morgan fingerprint density at radius 1 is 1.07 bits per heavy atom. The Hall–Kier alpha value is -2.86. The zero-order valence-electron chi connectivity index (χ0n) is 15.8. The maximum Gasteiger partial charge on any atom is 0.319 e. The molecule has 0 aromatic heterocycles. The molecule has 28 heavy (non-hydrogen) atoms. The van der Waals surface area contributed by atoms with Crippen LogP contribution in [-0.2, 0) is 6.42 Å². The van der Waals surface area contributed by atoms with Crippen LogP contribution in [0.1, 0.15) is 40.1 Å². The molecule has 0 aliphatic carbocycles. The lowest BCUT2D eigenvalue weighted by atomic mass is 10.1. The monoisotopic (exact) mass is 399 g/mol. The van der Waals surface area contributed by atoms with Crippen LogP contribution in [0.5, 0.6) is 0 Å². The topological polar surface area (TPSA) is 78.5 Å². The number of hydrogen-bond acceptors (Lipinski definition) is 3. The van der Waals surface area contributed by atoms with E-state index in [1.54, 1.807) is 24.3 Å². The van der Waals surface area contributed by atoms with Crippen molar-refractivity contribution < 1.29 is 14.4 Å². The van der Waals surface area contributed by atoms with Crippen molar-refractivity contribution in [3.05, 3.63) is 64.2 Å². The summed E-state index contributed by atoms with van der Waals surface area (Å²) in [6.45, 7) is 4.71. The molecule has 0 saturated carbocycles. The lowest BCUT2D eigenvalue weighted by Crippen LogP contribution is -2.33. The van der Waals surface area contributed by atoms with E-state index in [2.05, 4.69) is 10.6 Å². The maximum absolute atomic E-state index is 12.5. The highest BCUT2D eigenvalue weighted by atomic mass is 35.5. The number of halogens is 1. The molecule has 146 valence electrons. The summed E-state index contributed by atoms with van der Waals surface area (Å²) in [5.41, 5.74) is 2.19. The number of anilines is 1. The Balaban J connectivity index is 1.59. The molecular formula is C21H22ClN3O3. The summed E-state index contributed by atoms with van der Waals surface area (Å²) in [7, 11) is 0. The van der Waals surface area contributed by atoms with E-state index in [0.717, 1.165) is 5.56 Å². The Labute approximate surface area is 168 Å². The summed E-state index contributed by atoms with van der Waals surface area (Å²) in [6, 6.07) is 11.8. The van der Waals surface area contributed by atoms with Crippen LogP contribution >= 0.6 is 11.6 Å². The normalized spacial score (nSPS) is 13.1. The zero-order valence-corrected chi connectivity index (χ0v) is 16.5. The molecule has 0 unspecified atom stereocenters. The van der Waals surface area contributed by atoms with E-state index in [1.807, 2.05) is 32.0 Å². The van der Waals surface area contributed by atoms with Crippen molar-refractivity contribution in [1.29, 1.82) is 0 Å². The van der Waals surface area contributed by atoms with Gasteiger partial charge in [0.15, 0.2) is 0 Å². The van der Waals surface area contributed by atoms with Gasteiger partial charge in [0.05, 0.1) is 11.1 Å². The lowest BCUT2D eigenvalue weighted by molar-refractivity contribution is 0.0636. The molecule has 6 nitrogen and oxygen atoms in total. The van der Waals surface area contributed by atoms with Crippen LogP contribution in [0.4, 0.5) is 10.5 Å². The van der Waals surface area contributed by atoms with Gasteiger partial charge in [-0.3, -0.25) is 14.5 Å². The predicted molar refractivity (Wildman–Crippen MR) is 109 cm³/mol. The number of imide groups is 1. The fourth-order valence-electron chi connectivity index (χ4n) is 3.09. The number of urea groups is 1. The Bertz CT molecular complexity index is 927. The summed E-state index contributed by atoms with van der Waals surface area (Å²) >= 11 is 5.95. The van der Waals surface area contributed by atoms with Crippen LogP contribution in [0.15, 0.2) is 42.5 Å². The lowest BCUT2D eigenvalue weighted by Gasteiger charge is -2.15. The van der Waals surface area contributed by atoms with Gasteiger partial charge in [0, 0.05) is 23.8 Å². The van der Waals surface area contributed by atoms with Crippen molar-refractivity contribution in [2.45, 2.75) is 20.3 Å². The van der Waals surface area contributed by atoms with E-state index in [-0.39, 0.29) is 23.8 Å². The number of nitrogens with one attached hydrogen (secondary N) is 2. The van der Waals surface area contributed by atoms with Crippen LogP contribution in [0, 0.1) is 5.92 Å². The largest absolute Gasteiger partial charge is 0.338 e. The molecule has 1 aliphatic heterocycles. The molecule has 1 heterocycles. The van der Waals surface area contributed by atoms with Gasteiger partial charge in [0.25, 0.3) is 11.8 Å². The van der Waals surface area contributed by atoms with Crippen molar-refractivity contribution in [1.82, 2.24) is 10.2 Å². The van der Waals surface area contributed by atoms with Crippen LogP contribution < -0.4 is 10.6 Å². The average Bonchev–Trinajstić information content (AvgIpc) is 2.86. The van der Waals surface area contributed by atoms with Crippen molar-refractivity contribution in [3.8, 4) is 0 Å². The quantitative estimate of drug-likeness (QED) is 0.722. The molecule has 0 fully saturated rings. The average molecular weight is 400 g/mol. The number of carbonyl (C=O) groups excluding carboxylic acids is 3. The molecule has 0 saturated heterocycles. The first-order valence-electron chi connectivity index (χ1n) is 9.14. The molecule has 2 N–H and O–H groups in total. The summed E-state index contributed by atoms with van der Waals surface area (Å²) in [4.78, 5) is 38.2. The number of rotatable bonds is 6. The number of carbonyl (C=O) groups is 3. The molecule has 0 bridgehead atoms. The van der Waals surface area contributed by atoms with E-state index >= 15 is 0 Å². The summed E-state index contributed by atoms with van der Waals surface area (Å²) in [6.07, 6.45) is 0.648. The van der Waals surface area contributed by atoms with Gasteiger partial charge < -0.3 is 10.6 Å². The minimum Gasteiger partial charge on any atom is -0.338 e. The minimum absolute atomic E-state index is 0.185. The summed E-state index contributed by atoms with van der Waals surface area (Å²) < 4.78 is 0. The van der Waals surface area contributed by atoms with Crippen molar-refractivity contribution in [2.75, 3.05) is 18.4 Å². The molecule has 0 atom stereocenters. The van der Waals surface area contributed by atoms with E-state index in [1.165, 1.54) is 4.90 Å². The van der Waals surface area contributed by atoms with Crippen molar-refractivity contribution >= 4 is 35.1 Å². The highest BCUT2D eigenvalue weighted by Crippen LogP contribution is 2.26. The molecular weight excluding hydrogens is 378 g/mol. The van der Waals surface area contributed by atoms with Crippen LogP contribution in [-0.4, -0.2) is 35.8 Å². The van der Waals surface area contributed by atoms with Gasteiger partial charge >= 0.3 is 6.03 Å². The molecule has 0 spiro atoms. The molecule has 3 rings (SSSR count). The highest BCUT2D eigenvalue weighted by molar-refractivity contribution is 6.30.